The lowest BCUT2D eigenvalue weighted by molar-refractivity contribution is -0.186. The average molecular weight is 239 g/mol. The maximum Gasteiger partial charge on any atom is 0.391 e. The number of amides is 1. The van der Waals surface area contributed by atoms with Crippen molar-refractivity contribution in [2.24, 2.45) is 5.92 Å². The molecule has 1 amide bonds. The molecule has 1 rings (SSSR count). The smallest absolute Gasteiger partial charge is 0.391 e. The van der Waals surface area contributed by atoms with Crippen LogP contribution in [0, 0.1) is 5.92 Å². The van der Waals surface area contributed by atoms with E-state index in [0.29, 0.717) is 6.42 Å². The van der Waals surface area contributed by atoms with Gasteiger partial charge in [0.2, 0.25) is 5.91 Å². The Morgan fingerprint density at radius 2 is 1.88 bits per heavy atom. The van der Waals surface area contributed by atoms with Crippen LogP contribution >= 0.6 is 0 Å². The van der Waals surface area contributed by atoms with Crippen LogP contribution in [0.25, 0.3) is 0 Å². The molecule has 6 heteroatoms. The number of nitrogens with zero attached hydrogens (tertiary/aromatic N) is 1. The summed E-state index contributed by atoms with van der Waals surface area (Å²) >= 11 is 0. The van der Waals surface area contributed by atoms with E-state index in [9.17, 15) is 18.0 Å². The fraction of sp³-hybridized carbons (Fsp3) is 0.900. The van der Waals surface area contributed by atoms with Crippen LogP contribution in [0.2, 0.25) is 0 Å². The largest absolute Gasteiger partial charge is 0.396 e. The van der Waals surface area contributed by atoms with Crippen molar-refractivity contribution >= 4 is 5.91 Å². The zero-order valence-corrected chi connectivity index (χ0v) is 8.96. The molecular weight excluding hydrogens is 223 g/mol. The van der Waals surface area contributed by atoms with Crippen molar-refractivity contribution in [3.63, 3.8) is 0 Å². The molecule has 0 aromatic heterocycles. The fourth-order valence-electron chi connectivity index (χ4n) is 1.84. The summed E-state index contributed by atoms with van der Waals surface area (Å²) < 4.78 is 37.0. The van der Waals surface area contributed by atoms with E-state index in [1.807, 2.05) is 0 Å². The molecule has 0 unspecified atom stereocenters. The monoisotopic (exact) mass is 239 g/mol. The van der Waals surface area contributed by atoms with Gasteiger partial charge in [0, 0.05) is 26.1 Å². The minimum atomic E-state index is -4.14. The zero-order valence-electron chi connectivity index (χ0n) is 8.96. The normalized spacial score (nSPS) is 18.9. The van der Waals surface area contributed by atoms with Gasteiger partial charge in [0.25, 0.3) is 0 Å². The number of carbonyl (C=O) groups is 1. The first-order chi connectivity index (χ1) is 7.45. The molecule has 0 bridgehead atoms. The lowest BCUT2D eigenvalue weighted by Crippen LogP contribution is -2.42. The Labute approximate surface area is 92.2 Å². The molecular formula is C10H16F3NO2. The van der Waals surface area contributed by atoms with Crippen LogP contribution in [-0.2, 0) is 4.79 Å². The fourth-order valence-corrected chi connectivity index (χ4v) is 1.84. The second-order valence-corrected chi connectivity index (χ2v) is 4.02. The van der Waals surface area contributed by atoms with Crippen molar-refractivity contribution in [3.8, 4) is 0 Å². The third-order valence-electron chi connectivity index (χ3n) is 2.86. The summed E-state index contributed by atoms with van der Waals surface area (Å²) in [6.45, 7) is 0.285. The molecule has 16 heavy (non-hydrogen) atoms. The van der Waals surface area contributed by atoms with E-state index >= 15 is 0 Å². The zero-order chi connectivity index (χ0) is 12.2. The van der Waals surface area contributed by atoms with Gasteiger partial charge in [0.1, 0.15) is 0 Å². The van der Waals surface area contributed by atoms with Crippen LogP contribution in [0.1, 0.15) is 25.7 Å². The molecule has 0 aromatic rings. The van der Waals surface area contributed by atoms with E-state index in [-0.39, 0.29) is 44.9 Å². The summed E-state index contributed by atoms with van der Waals surface area (Å²) in [4.78, 5) is 12.9. The van der Waals surface area contributed by atoms with Crippen LogP contribution in [-0.4, -0.2) is 41.8 Å². The molecule has 0 atom stereocenters. The number of hydrogen-bond donors (Lipinski definition) is 1. The molecule has 1 aliphatic heterocycles. The molecule has 0 aliphatic carbocycles. The van der Waals surface area contributed by atoms with Crippen molar-refractivity contribution in [3.05, 3.63) is 0 Å². The predicted octanol–water partition coefficient (Wildman–Crippen LogP) is 1.56. The number of rotatable bonds is 3. The lowest BCUT2D eigenvalue weighted by atomic mass is 9.96. The van der Waals surface area contributed by atoms with Crippen LogP contribution < -0.4 is 0 Å². The second-order valence-electron chi connectivity index (χ2n) is 4.02. The van der Waals surface area contributed by atoms with E-state index in [1.165, 1.54) is 4.90 Å². The van der Waals surface area contributed by atoms with Crippen molar-refractivity contribution in [1.29, 1.82) is 0 Å². The standard InChI is InChI=1S/C10H16F3NO2/c11-10(12,13)8-3-5-14(6-4-8)9(16)2-1-7-15/h8,15H,1-7H2. The summed E-state index contributed by atoms with van der Waals surface area (Å²) in [6, 6.07) is 0. The Morgan fingerprint density at radius 1 is 1.31 bits per heavy atom. The Kier molecular flexibility index (Phi) is 4.58. The van der Waals surface area contributed by atoms with E-state index in [4.69, 9.17) is 5.11 Å². The molecule has 0 spiro atoms. The first-order valence-electron chi connectivity index (χ1n) is 5.40. The topological polar surface area (TPSA) is 40.5 Å². The summed E-state index contributed by atoms with van der Waals surface area (Å²) in [6.07, 6.45) is -3.56. The van der Waals surface area contributed by atoms with Gasteiger partial charge in [-0.15, -0.1) is 0 Å². The molecule has 0 radical (unpaired) electrons. The van der Waals surface area contributed by atoms with E-state index in [0.717, 1.165) is 0 Å². The number of carbonyl (C=O) groups excluding carboxylic acids is 1. The van der Waals surface area contributed by atoms with Gasteiger partial charge < -0.3 is 10.0 Å². The molecule has 0 saturated carbocycles. The average Bonchev–Trinajstić information content (AvgIpc) is 2.25. The minimum absolute atomic E-state index is 0.00559. The summed E-state index contributed by atoms with van der Waals surface area (Å²) in [5.41, 5.74) is 0. The molecule has 1 aliphatic rings. The Balaban J connectivity index is 2.34. The summed E-state index contributed by atoms with van der Waals surface area (Å²) in [5.74, 6) is -1.43. The summed E-state index contributed by atoms with van der Waals surface area (Å²) in [7, 11) is 0. The lowest BCUT2D eigenvalue weighted by Gasteiger charge is -2.32. The molecule has 1 fully saturated rings. The van der Waals surface area contributed by atoms with Gasteiger partial charge in [-0.05, 0) is 19.3 Å². The third-order valence-corrected chi connectivity index (χ3v) is 2.86. The van der Waals surface area contributed by atoms with Gasteiger partial charge >= 0.3 is 6.18 Å². The highest BCUT2D eigenvalue weighted by molar-refractivity contribution is 5.76. The Hall–Kier alpha value is -0.780. The summed E-state index contributed by atoms with van der Waals surface area (Å²) in [5, 5.41) is 8.54. The SMILES string of the molecule is O=C(CCCO)N1CCC(C(F)(F)F)CC1. The number of piperidine rings is 1. The first-order valence-corrected chi connectivity index (χ1v) is 5.40. The number of likely N-dealkylation sites (tertiary alicyclic amines) is 1. The quantitative estimate of drug-likeness (QED) is 0.812. The van der Waals surface area contributed by atoms with Crippen LogP contribution in [0.3, 0.4) is 0 Å². The number of halogens is 3. The first kappa shape index (κ1) is 13.3. The van der Waals surface area contributed by atoms with Gasteiger partial charge in [-0.1, -0.05) is 0 Å². The maximum atomic E-state index is 12.3. The molecule has 1 N–H and O–H groups in total. The molecule has 94 valence electrons. The van der Waals surface area contributed by atoms with Gasteiger partial charge in [0.15, 0.2) is 0 Å². The Morgan fingerprint density at radius 3 is 2.31 bits per heavy atom. The number of hydrogen-bond acceptors (Lipinski definition) is 2. The highest BCUT2D eigenvalue weighted by Gasteiger charge is 2.41. The van der Waals surface area contributed by atoms with Gasteiger partial charge in [-0.2, -0.15) is 13.2 Å². The predicted molar refractivity (Wildman–Crippen MR) is 51.7 cm³/mol. The van der Waals surface area contributed by atoms with Crippen LogP contribution in [0.5, 0.6) is 0 Å². The number of alkyl halides is 3. The molecule has 3 nitrogen and oxygen atoms in total. The van der Waals surface area contributed by atoms with Crippen LogP contribution in [0.15, 0.2) is 0 Å². The third kappa shape index (κ3) is 3.66. The van der Waals surface area contributed by atoms with Gasteiger partial charge in [0.05, 0.1) is 5.92 Å². The van der Waals surface area contributed by atoms with Crippen LogP contribution in [0.4, 0.5) is 13.2 Å². The van der Waals surface area contributed by atoms with E-state index in [2.05, 4.69) is 0 Å². The second kappa shape index (κ2) is 5.52. The van der Waals surface area contributed by atoms with Gasteiger partial charge in [-0.3, -0.25) is 4.79 Å². The molecule has 0 aromatic carbocycles. The number of aliphatic hydroxyl groups excluding tert-OH is 1. The maximum absolute atomic E-state index is 12.3. The van der Waals surface area contributed by atoms with Crippen molar-refractivity contribution in [1.82, 2.24) is 4.90 Å². The molecule has 1 heterocycles. The number of aliphatic hydroxyl groups is 1. The van der Waals surface area contributed by atoms with E-state index < -0.39 is 12.1 Å². The van der Waals surface area contributed by atoms with Crippen molar-refractivity contribution in [2.45, 2.75) is 31.9 Å². The van der Waals surface area contributed by atoms with E-state index in [1.54, 1.807) is 0 Å². The Bertz CT molecular complexity index is 235. The highest BCUT2D eigenvalue weighted by atomic mass is 19.4. The minimum Gasteiger partial charge on any atom is -0.396 e. The highest BCUT2D eigenvalue weighted by Crippen LogP contribution is 2.34. The van der Waals surface area contributed by atoms with Crippen molar-refractivity contribution in [2.75, 3.05) is 19.7 Å². The van der Waals surface area contributed by atoms with Crippen molar-refractivity contribution < 1.29 is 23.1 Å². The molecule has 1 saturated heterocycles. The van der Waals surface area contributed by atoms with Gasteiger partial charge in [-0.25, -0.2) is 0 Å².